The number of nitrogens with zero attached hydrogens (tertiary/aromatic N) is 4. The molecule has 0 radical (unpaired) electrons. The van der Waals surface area contributed by atoms with Crippen molar-refractivity contribution in [1.29, 1.82) is 0 Å². The Kier molecular flexibility index (Phi) is 8.55. The van der Waals surface area contributed by atoms with Gasteiger partial charge in [-0.05, 0) is 43.0 Å². The first-order chi connectivity index (χ1) is 16.6. The van der Waals surface area contributed by atoms with Crippen molar-refractivity contribution in [2.24, 2.45) is 5.92 Å². The van der Waals surface area contributed by atoms with Crippen LogP contribution in [-0.4, -0.2) is 65.0 Å². The highest BCUT2D eigenvalue weighted by atomic mass is 16.5. The number of ether oxygens (including phenoxy) is 1. The summed E-state index contributed by atoms with van der Waals surface area (Å²) in [7, 11) is 1.63. The van der Waals surface area contributed by atoms with Crippen molar-refractivity contribution in [1.82, 2.24) is 19.9 Å². The summed E-state index contributed by atoms with van der Waals surface area (Å²) in [5, 5.41) is 4.04. The molecule has 2 aliphatic rings. The summed E-state index contributed by atoms with van der Waals surface area (Å²) in [5.74, 6) is 2.95. The van der Waals surface area contributed by atoms with E-state index in [1.165, 1.54) is 32.1 Å². The lowest BCUT2D eigenvalue weighted by Crippen LogP contribution is -2.50. The molecule has 0 N–H and O–H groups in total. The third-order valence-electron chi connectivity index (χ3n) is 7.07. The van der Waals surface area contributed by atoms with Crippen molar-refractivity contribution >= 4 is 11.8 Å². The minimum atomic E-state index is 0.129. The number of carbonyl (C=O) groups is 2. The molecule has 184 valence electrons. The minimum Gasteiger partial charge on any atom is -0.497 e. The molecule has 2 amide bonds. The molecule has 34 heavy (non-hydrogen) atoms. The number of rotatable bonds is 9. The number of aromatic nitrogens is 2. The number of hydrogen-bond donors (Lipinski definition) is 0. The van der Waals surface area contributed by atoms with Gasteiger partial charge < -0.3 is 19.1 Å². The van der Waals surface area contributed by atoms with Gasteiger partial charge in [-0.25, -0.2) is 0 Å². The topological polar surface area (TPSA) is 88.8 Å². The molecule has 1 aromatic carbocycles. The predicted octanol–water partition coefficient (Wildman–Crippen LogP) is 4.10. The molecule has 1 aliphatic heterocycles. The third kappa shape index (κ3) is 6.58. The fraction of sp³-hybridized carbons (Fsp3) is 0.615. The maximum atomic E-state index is 12.6. The first kappa shape index (κ1) is 24.2. The van der Waals surface area contributed by atoms with Gasteiger partial charge in [0.2, 0.25) is 23.5 Å². The molecule has 1 aromatic heterocycles. The largest absolute Gasteiger partial charge is 0.497 e. The summed E-state index contributed by atoms with van der Waals surface area (Å²) < 4.78 is 10.5. The lowest BCUT2D eigenvalue weighted by molar-refractivity contribution is -0.139. The van der Waals surface area contributed by atoms with Crippen LogP contribution in [0.3, 0.4) is 0 Å². The lowest BCUT2D eigenvalue weighted by atomic mass is 9.86. The van der Waals surface area contributed by atoms with Gasteiger partial charge in [-0.2, -0.15) is 4.98 Å². The molecular formula is C26H36N4O4. The van der Waals surface area contributed by atoms with Gasteiger partial charge in [-0.3, -0.25) is 9.59 Å². The van der Waals surface area contributed by atoms with Gasteiger partial charge >= 0.3 is 0 Å². The van der Waals surface area contributed by atoms with Crippen molar-refractivity contribution in [3.8, 4) is 17.1 Å². The second-order valence-corrected chi connectivity index (χ2v) is 9.40. The first-order valence-corrected chi connectivity index (χ1v) is 12.6. The smallest absolute Gasteiger partial charge is 0.226 e. The van der Waals surface area contributed by atoms with E-state index in [1.54, 1.807) is 7.11 Å². The van der Waals surface area contributed by atoms with E-state index in [-0.39, 0.29) is 11.8 Å². The monoisotopic (exact) mass is 468 g/mol. The van der Waals surface area contributed by atoms with Gasteiger partial charge in [0.1, 0.15) is 5.75 Å². The minimum absolute atomic E-state index is 0.129. The summed E-state index contributed by atoms with van der Waals surface area (Å²) in [6.07, 6.45) is 9.87. The number of benzene rings is 1. The van der Waals surface area contributed by atoms with Crippen LogP contribution >= 0.6 is 0 Å². The van der Waals surface area contributed by atoms with E-state index in [9.17, 15) is 9.59 Å². The number of aryl methyl sites for hydroxylation is 1. The van der Waals surface area contributed by atoms with Crippen molar-refractivity contribution in [3.63, 3.8) is 0 Å². The molecule has 1 saturated heterocycles. The molecule has 0 unspecified atom stereocenters. The Morgan fingerprint density at radius 1 is 0.971 bits per heavy atom. The van der Waals surface area contributed by atoms with Crippen LogP contribution in [0.2, 0.25) is 0 Å². The van der Waals surface area contributed by atoms with Gasteiger partial charge in [-0.15, -0.1) is 0 Å². The van der Waals surface area contributed by atoms with Crippen LogP contribution in [0.15, 0.2) is 28.8 Å². The molecule has 0 spiro atoms. The second-order valence-electron chi connectivity index (χ2n) is 9.40. The molecule has 2 heterocycles. The molecule has 1 saturated carbocycles. The zero-order valence-electron chi connectivity index (χ0n) is 20.2. The molecule has 8 nitrogen and oxygen atoms in total. The number of piperazine rings is 1. The summed E-state index contributed by atoms with van der Waals surface area (Å²) in [6.45, 7) is 2.53. The van der Waals surface area contributed by atoms with Crippen LogP contribution in [0.5, 0.6) is 5.75 Å². The maximum Gasteiger partial charge on any atom is 0.226 e. The third-order valence-corrected chi connectivity index (χ3v) is 7.07. The molecule has 1 aliphatic carbocycles. The zero-order valence-corrected chi connectivity index (χ0v) is 20.2. The molecule has 0 bridgehead atoms. The highest BCUT2D eigenvalue weighted by molar-refractivity contribution is 5.78. The summed E-state index contributed by atoms with van der Waals surface area (Å²) in [6, 6.07) is 7.48. The Morgan fingerprint density at radius 3 is 2.26 bits per heavy atom. The highest BCUT2D eigenvalue weighted by Crippen LogP contribution is 2.27. The van der Waals surface area contributed by atoms with Crippen molar-refractivity contribution in [2.75, 3.05) is 33.3 Å². The average molecular weight is 469 g/mol. The Hall–Kier alpha value is -2.90. The van der Waals surface area contributed by atoms with E-state index < -0.39 is 0 Å². The van der Waals surface area contributed by atoms with E-state index in [2.05, 4.69) is 10.1 Å². The SMILES string of the molecule is COc1ccc(-c2noc(CCCC(=O)N3CCN(C(=O)CCC4CCCCC4)CC3)n2)cc1. The summed E-state index contributed by atoms with van der Waals surface area (Å²) in [4.78, 5) is 33.5. The van der Waals surface area contributed by atoms with Crippen LogP contribution in [0, 0.1) is 5.92 Å². The number of carbonyl (C=O) groups excluding carboxylic acids is 2. The maximum absolute atomic E-state index is 12.6. The Labute approximate surface area is 201 Å². The van der Waals surface area contributed by atoms with Gasteiger partial charge in [-0.1, -0.05) is 37.3 Å². The van der Waals surface area contributed by atoms with Gasteiger partial charge in [0.05, 0.1) is 7.11 Å². The van der Waals surface area contributed by atoms with Gasteiger partial charge in [0, 0.05) is 51.0 Å². The Balaban J connectivity index is 1.14. The van der Waals surface area contributed by atoms with Gasteiger partial charge in [0.15, 0.2) is 0 Å². The fourth-order valence-corrected chi connectivity index (χ4v) is 4.93. The van der Waals surface area contributed by atoms with Crippen molar-refractivity contribution in [2.45, 2.75) is 64.2 Å². The molecule has 4 rings (SSSR count). The predicted molar refractivity (Wildman–Crippen MR) is 128 cm³/mol. The van der Waals surface area contributed by atoms with Crippen LogP contribution in [0.4, 0.5) is 0 Å². The first-order valence-electron chi connectivity index (χ1n) is 12.6. The molecular weight excluding hydrogens is 432 g/mol. The van der Waals surface area contributed by atoms with E-state index in [1.807, 2.05) is 34.1 Å². The molecule has 2 fully saturated rings. The van der Waals surface area contributed by atoms with Crippen LogP contribution < -0.4 is 4.74 Å². The van der Waals surface area contributed by atoms with Crippen LogP contribution in [-0.2, 0) is 16.0 Å². The van der Waals surface area contributed by atoms with E-state index in [4.69, 9.17) is 9.26 Å². The molecule has 2 aromatic rings. The van der Waals surface area contributed by atoms with Crippen LogP contribution in [0.1, 0.15) is 63.7 Å². The Morgan fingerprint density at radius 2 is 1.62 bits per heavy atom. The summed E-state index contributed by atoms with van der Waals surface area (Å²) in [5.41, 5.74) is 0.859. The van der Waals surface area contributed by atoms with Crippen molar-refractivity contribution < 1.29 is 18.8 Å². The quantitative estimate of drug-likeness (QED) is 0.551. The van der Waals surface area contributed by atoms with E-state index in [0.717, 1.165) is 23.7 Å². The summed E-state index contributed by atoms with van der Waals surface area (Å²) >= 11 is 0. The number of hydrogen-bond acceptors (Lipinski definition) is 6. The highest BCUT2D eigenvalue weighted by Gasteiger charge is 2.24. The zero-order chi connectivity index (χ0) is 23.8. The average Bonchev–Trinajstić information content (AvgIpc) is 3.37. The normalized spacial score (nSPS) is 17.1. The second kappa shape index (κ2) is 12.0. The van der Waals surface area contributed by atoms with Gasteiger partial charge in [0.25, 0.3) is 0 Å². The van der Waals surface area contributed by atoms with Crippen molar-refractivity contribution in [3.05, 3.63) is 30.2 Å². The van der Waals surface area contributed by atoms with E-state index >= 15 is 0 Å². The van der Waals surface area contributed by atoms with E-state index in [0.29, 0.717) is 63.6 Å². The lowest BCUT2D eigenvalue weighted by Gasteiger charge is -2.35. The Bertz CT molecular complexity index is 929. The molecule has 8 heteroatoms. The number of amides is 2. The fourth-order valence-electron chi connectivity index (χ4n) is 4.93. The standard InChI is InChI=1S/C26H36N4O4/c1-33-22-13-11-21(12-14-22)26-27-23(34-28-26)8-5-9-24(31)29-16-18-30(19-17-29)25(32)15-10-20-6-3-2-4-7-20/h11-14,20H,2-10,15-19H2,1H3. The van der Waals surface area contributed by atoms with Crippen LogP contribution in [0.25, 0.3) is 11.4 Å². The molecule has 0 atom stereocenters. The number of methoxy groups -OCH3 is 1.